The van der Waals surface area contributed by atoms with E-state index < -0.39 is 11.5 Å². The lowest BCUT2D eigenvalue weighted by Crippen LogP contribution is -2.36. The molecule has 1 aliphatic rings. The van der Waals surface area contributed by atoms with E-state index in [4.69, 9.17) is 16.1 Å². The minimum Gasteiger partial charge on any atom is -0.373 e. The smallest absolute Gasteiger partial charge is 0.262 e. The van der Waals surface area contributed by atoms with Crippen LogP contribution in [0.2, 0.25) is 5.28 Å². The van der Waals surface area contributed by atoms with E-state index in [-0.39, 0.29) is 23.5 Å². The molecule has 27 heavy (non-hydrogen) atoms. The Bertz CT molecular complexity index is 1020. The summed E-state index contributed by atoms with van der Waals surface area (Å²) in [6, 6.07) is 8.48. The number of carbonyl (C=O) groups excluding carboxylic acids is 1. The van der Waals surface area contributed by atoms with Crippen molar-refractivity contribution in [2.24, 2.45) is 0 Å². The molecule has 3 aromatic rings. The van der Waals surface area contributed by atoms with E-state index in [2.05, 4.69) is 20.1 Å². The van der Waals surface area contributed by atoms with Gasteiger partial charge in [0.05, 0.1) is 17.1 Å². The second kappa shape index (κ2) is 6.40. The molecule has 0 radical (unpaired) electrons. The Kier molecular flexibility index (Phi) is 4.16. The molecule has 0 unspecified atom stereocenters. The monoisotopic (exact) mass is 385 g/mol. The molecule has 2 atom stereocenters. The minimum atomic E-state index is -1.71. The highest BCUT2D eigenvalue weighted by Crippen LogP contribution is 2.37. The SMILES string of the molecule is C[C@@H]1C[C@@](O)(c2cc(-c3cccc(-c4ccnc(Cl)n4)n3)no2)C(=O)N1C. The number of halogens is 1. The van der Waals surface area contributed by atoms with E-state index in [0.29, 0.717) is 22.8 Å². The summed E-state index contributed by atoms with van der Waals surface area (Å²) in [5.74, 6) is -0.300. The lowest BCUT2D eigenvalue weighted by atomic mass is 9.96. The van der Waals surface area contributed by atoms with Gasteiger partial charge < -0.3 is 14.5 Å². The normalized spacial score (nSPS) is 22.4. The first-order chi connectivity index (χ1) is 12.9. The van der Waals surface area contributed by atoms with Gasteiger partial charge in [0, 0.05) is 31.8 Å². The summed E-state index contributed by atoms with van der Waals surface area (Å²) in [6.07, 6.45) is 1.79. The number of likely N-dealkylation sites (tertiary alicyclic amines) is 1. The Labute approximate surface area is 159 Å². The molecule has 0 aliphatic carbocycles. The van der Waals surface area contributed by atoms with Crippen LogP contribution in [0.4, 0.5) is 0 Å². The van der Waals surface area contributed by atoms with Crippen LogP contribution in [0.25, 0.3) is 22.8 Å². The van der Waals surface area contributed by atoms with Gasteiger partial charge in [-0.25, -0.2) is 15.0 Å². The van der Waals surface area contributed by atoms with Crippen molar-refractivity contribution in [2.45, 2.75) is 25.0 Å². The Balaban J connectivity index is 1.68. The minimum absolute atomic E-state index is 0.0972. The zero-order valence-corrected chi connectivity index (χ0v) is 15.4. The van der Waals surface area contributed by atoms with Gasteiger partial charge in [0.1, 0.15) is 5.69 Å². The molecule has 0 bridgehead atoms. The van der Waals surface area contributed by atoms with Gasteiger partial charge >= 0.3 is 0 Å². The lowest BCUT2D eigenvalue weighted by Gasteiger charge is -2.16. The van der Waals surface area contributed by atoms with Crippen molar-refractivity contribution in [3.05, 3.63) is 47.6 Å². The number of aromatic nitrogens is 4. The summed E-state index contributed by atoms with van der Waals surface area (Å²) in [5.41, 5.74) is 0.381. The summed E-state index contributed by atoms with van der Waals surface area (Å²) in [5, 5.41) is 14.9. The van der Waals surface area contributed by atoms with Crippen molar-refractivity contribution in [2.75, 3.05) is 7.05 Å². The van der Waals surface area contributed by atoms with Gasteiger partial charge in [-0.05, 0) is 36.7 Å². The van der Waals surface area contributed by atoms with Crippen molar-refractivity contribution in [1.29, 1.82) is 0 Å². The molecule has 1 amide bonds. The van der Waals surface area contributed by atoms with Crippen LogP contribution in [0.15, 0.2) is 41.1 Å². The number of nitrogens with zero attached hydrogens (tertiary/aromatic N) is 5. The van der Waals surface area contributed by atoms with Gasteiger partial charge in [0.2, 0.25) is 10.9 Å². The van der Waals surface area contributed by atoms with Crippen molar-refractivity contribution in [3.63, 3.8) is 0 Å². The first-order valence-electron chi connectivity index (χ1n) is 8.31. The maximum atomic E-state index is 12.4. The van der Waals surface area contributed by atoms with E-state index in [1.54, 1.807) is 43.6 Å². The molecule has 1 aliphatic heterocycles. The zero-order valence-electron chi connectivity index (χ0n) is 14.6. The molecule has 8 nitrogen and oxygen atoms in total. The predicted molar refractivity (Wildman–Crippen MR) is 96.5 cm³/mol. The van der Waals surface area contributed by atoms with Crippen LogP contribution in [0, 0.1) is 0 Å². The van der Waals surface area contributed by atoms with E-state index in [1.807, 2.05) is 6.92 Å². The van der Waals surface area contributed by atoms with Gasteiger partial charge in [0.25, 0.3) is 5.91 Å². The Morgan fingerprint density at radius 1 is 1.22 bits per heavy atom. The molecule has 1 saturated heterocycles. The van der Waals surface area contributed by atoms with Crippen LogP contribution in [0.5, 0.6) is 0 Å². The number of likely N-dealkylation sites (N-methyl/N-ethyl adjacent to an activating group) is 1. The summed E-state index contributed by atoms with van der Waals surface area (Å²) >= 11 is 5.84. The Morgan fingerprint density at radius 2 is 1.93 bits per heavy atom. The summed E-state index contributed by atoms with van der Waals surface area (Å²) < 4.78 is 5.30. The largest absolute Gasteiger partial charge is 0.373 e. The van der Waals surface area contributed by atoms with Crippen LogP contribution in [0.1, 0.15) is 19.1 Å². The molecular formula is C18H16ClN5O3. The maximum absolute atomic E-state index is 12.4. The third-order valence-electron chi connectivity index (χ3n) is 4.74. The highest BCUT2D eigenvalue weighted by atomic mass is 35.5. The van der Waals surface area contributed by atoms with Gasteiger partial charge in [0.15, 0.2) is 5.76 Å². The number of rotatable bonds is 3. The number of hydrogen-bond donors (Lipinski definition) is 1. The first kappa shape index (κ1) is 17.6. The van der Waals surface area contributed by atoms with E-state index in [0.717, 1.165) is 0 Å². The quantitative estimate of drug-likeness (QED) is 0.689. The van der Waals surface area contributed by atoms with Gasteiger partial charge in [-0.15, -0.1) is 0 Å². The maximum Gasteiger partial charge on any atom is 0.262 e. The molecule has 0 saturated carbocycles. The highest BCUT2D eigenvalue weighted by molar-refractivity contribution is 6.28. The van der Waals surface area contributed by atoms with Crippen LogP contribution in [-0.2, 0) is 10.4 Å². The van der Waals surface area contributed by atoms with Crippen LogP contribution in [-0.4, -0.2) is 49.1 Å². The molecule has 3 aromatic heterocycles. The van der Waals surface area contributed by atoms with Gasteiger partial charge in [-0.1, -0.05) is 11.2 Å². The molecule has 0 aromatic carbocycles. The van der Waals surface area contributed by atoms with Crippen molar-refractivity contribution < 1.29 is 14.4 Å². The van der Waals surface area contributed by atoms with Crippen molar-refractivity contribution in [3.8, 4) is 22.8 Å². The molecule has 1 fully saturated rings. The summed E-state index contributed by atoms with van der Waals surface area (Å²) in [4.78, 5) is 26.4. The van der Waals surface area contributed by atoms with E-state index in [9.17, 15) is 9.90 Å². The number of pyridine rings is 1. The zero-order chi connectivity index (χ0) is 19.2. The van der Waals surface area contributed by atoms with Crippen molar-refractivity contribution >= 4 is 17.5 Å². The van der Waals surface area contributed by atoms with Crippen LogP contribution in [0.3, 0.4) is 0 Å². The average molecular weight is 386 g/mol. The molecular weight excluding hydrogens is 370 g/mol. The van der Waals surface area contributed by atoms with Crippen molar-refractivity contribution in [1.82, 2.24) is 25.0 Å². The second-order valence-electron chi connectivity index (χ2n) is 6.52. The predicted octanol–water partition coefficient (Wildman–Crippen LogP) is 2.29. The van der Waals surface area contributed by atoms with Crippen LogP contribution >= 0.6 is 11.6 Å². The Morgan fingerprint density at radius 3 is 2.59 bits per heavy atom. The number of carbonyl (C=O) groups is 1. The third-order valence-corrected chi connectivity index (χ3v) is 4.93. The topological polar surface area (TPSA) is 105 Å². The lowest BCUT2D eigenvalue weighted by molar-refractivity contribution is -0.145. The standard InChI is InChI=1S/C18H16ClN5O3/c1-10-9-18(26,16(25)24(10)2)15-8-14(23-27-15)12-5-3-4-11(21-12)13-6-7-20-17(19)22-13/h3-8,10,26H,9H2,1-2H3/t10-,18-/m1/s1. The highest BCUT2D eigenvalue weighted by Gasteiger charge is 2.51. The second-order valence-corrected chi connectivity index (χ2v) is 6.86. The molecule has 4 heterocycles. The molecule has 138 valence electrons. The molecule has 1 N–H and O–H groups in total. The number of amides is 1. The summed E-state index contributed by atoms with van der Waals surface area (Å²) in [6.45, 7) is 1.87. The first-order valence-corrected chi connectivity index (χ1v) is 8.69. The number of aliphatic hydroxyl groups is 1. The Hall–Kier alpha value is -2.84. The van der Waals surface area contributed by atoms with E-state index >= 15 is 0 Å². The molecule has 0 spiro atoms. The molecule has 9 heteroatoms. The number of hydrogen-bond acceptors (Lipinski definition) is 7. The van der Waals surface area contributed by atoms with Gasteiger partial charge in [-0.2, -0.15) is 0 Å². The fourth-order valence-electron chi connectivity index (χ4n) is 3.14. The molecule has 4 rings (SSSR count). The fourth-order valence-corrected chi connectivity index (χ4v) is 3.29. The third kappa shape index (κ3) is 2.96. The fraction of sp³-hybridized carbons (Fsp3) is 0.278. The average Bonchev–Trinajstić information content (AvgIpc) is 3.24. The van der Waals surface area contributed by atoms with Gasteiger partial charge in [-0.3, -0.25) is 4.79 Å². The van der Waals surface area contributed by atoms with Crippen LogP contribution < -0.4 is 0 Å². The van der Waals surface area contributed by atoms with E-state index in [1.165, 1.54) is 4.90 Å². The summed E-state index contributed by atoms with van der Waals surface area (Å²) in [7, 11) is 1.65.